The summed E-state index contributed by atoms with van der Waals surface area (Å²) in [5, 5.41) is 11.5. The maximum atomic E-state index is 12.7. The van der Waals surface area contributed by atoms with E-state index in [1.54, 1.807) is 22.9 Å². The smallest absolute Gasteiger partial charge is 0.233 e. The molecule has 3 aromatic rings. The van der Waals surface area contributed by atoms with Gasteiger partial charge in [-0.3, -0.25) is 9.78 Å². The van der Waals surface area contributed by atoms with Crippen LogP contribution in [0.3, 0.4) is 0 Å². The number of aliphatic hydroxyl groups is 1. The van der Waals surface area contributed by atoms with Gasteiger partial charge in [-0.15, -0.1) is 11.8 Å². The van der Waals surface area contributed by atoms with Gasteiger partial charge in [0, 0.05) is 59.9 Å². The third-order valence-electron chi connectivity index (χ3n) is 5.17. The van der Waals surface area contributed by atoms with Gasteiger partial charge >= 0.3 is 0 Å². The number of nitrogens with zero attached hydrogens (tertiary/aromatic N) is 3. The Balaban J connectivity index is 1.37. The maximum Gasteiger partial charge on any atom is 0.233 e. The lowest BCUT2D eigenvalue weighted by Gasteiger charge is -2.15. The zero-order chi connectivity index (χ0) is 18.8. The summed E-state index contributed by atoms with van der Waals surface area (Å²) in [7, 11) is 2.02. The first-order valence-corrected chi connectivity index (χ1v) is 10.1. The highest BCUT2D eigenvalue weighted by molar-refractivity contribution is 8.00. The molecule has 1 aromatic carbocycles. The van der Waals surface area contributed by atoms with Crippen LogP contribution in [0.25, 0.3) is 10.9 Å². The number of carbonyl (C=O) groups is 1. The number of likely N-dealkylation sites (tertiary alicyclic amines) is 1. The van der Waals surface area contributed by atoms with Crippen LogP contribution in [0.15, 0.2) is 59.8 Å². The standard InChI is InChI=1S/C21H23N3O2S/c1-23-13-20(17-7-2-3-8-18(17)23)27-14-21(26)24-11-15(19(25)12-24)10-16-6-4-5-9-22-16/h2-9,13,15,19,25H,10-12,14H2,1H3/t15-,19-/m1/s1. The summed E-state index contributed by atoms with van der Waals surface area (Å²) in [6, 6.07) is 14.0. The van der Waals surface area contributed by atoms with Crippen molar-refractivity contribution in [1.82, 2.24) is 14.5 Å². The summed E-state index contributed by atoms with van der Waals surface area (Å²) in [5.74, 6) is 0.513. The first-order valence-electron chi connectivity index (χ1n) is 9.14. The van der Waals surface area contributed by atoms with Gasteiger partial charge in [0.25, 0.3) is 0 Å². The van der Waals surface area contributed by atoms with E-state index in [4.69, 9.17) is 0 Å². The number of hydrogen-bond acceptors (Lipinski definition) is 4. The van der Waals surface area contributed by atoms with Crippen molar-refractivity contribution in [3.05, 3.63) is 60.6 Å². The topological polar surface area (TPSA) is 58.4 Å². The quantitative estimate of drug-likeness (QED) is 0.691. The van der Waals surface area contributed by atoms with Crippen molar-refractivity contribution in [1.29, 1.82) is 0 Å². The second kappa shape index (κ2) is 7.74. The molecular formula is C21H23N3O2S. The molecule has 1 amide bonds. The number of aliphatic hydroxyl groups excluding tert-OH is 1. The number of carbonyl (C=O) groups excluding carboxylic acids is 1. The highest BCUT2D eigenvalue weighted by atomic mass is 32.2. The predicted octanol–water partition coefficient (Wildman–Crippen LogP) is 2.73. The lowest BCUT2D eigenvalue weighted by Crippen LogP contribution is -2.31. The molecule has 1 aliphatic heterocycles. The van der Waals surface area contributed by atoms with Crippen LogP contribution in [0.5, 0.6) is 0 Å². The third-order valence-corrected chi connectivity index (χ3v) is 6.20. The van der Waals surface area contributed by atoms with E-state index in [9.17, 15) is 9.90 Å². The SMILES string of the molecule is Cn1cc(SCC(=O)N2C[C@@H](Cc3ccccn3)[C@H](O)C2)c2ccccc21. The molecule has 1 fully saturated rings. The van der Waals surface area contributed by atoms with Gasteiger partial charge in [0.1, 0.15) is 0 Å². The monoisotopic (exact) mass is 381 g/mol. The Morgan fingerprint density at radius 1 is 1.22 bits per heavy atom. The van der Waals surface area contributed by atoms with E-state index in [1.165, 1.54) is 10.9 Å². The lowest BCUT2D eigenvalue weighted by molar-refractivity contribution is -0.127. The van der Waals surface area contributed by atoms with Gasteiger partial charge < -0.3 is 14.6 Å². The summed E-state index contributed by atoms with van der Waals surface area (Å²) in [5.41, 5.74) is 2.13. The number of rotatable bonds is 5. The molecule has 0 radical (unpaired) electrons. The second-order valence-corrected chi connectivity index (χ2v) is 8.08. The number of β-amino-alcohol motifs (C(OH)–C–C–N with tert-alkyl or cyclic N) is 1. The molecule has 0 saturated carbocycles. The number of pyridine rings is 1. The van der Waals surface area contributed by atoms with Gasteiger partial charge in [0.05, 0.1) is 11.9 Å². The van der Waals surface area contributed by atoms with E-state index in [-0.39, 0.29) is 11.8 Å². The van der Waals surface area contributed by atoms with Crippen molar-refractivity contribution in [2.45, 2.75) is 17.4 Å². The summed E-state index contributed by atoms with van der Waals surface area (Å²) in [6.07, 6.45) is 4.05. The molecule has 5 nitrogen and oxygen atoms in total. The van der Waals surface area contributed by atoms with Gasteiger partial charge in [-0.05, 0) is 24.6 Å². The molecule has 2 aromatic heterocycles. The Bertz CT molecular complexity index is 941. The molecule has 1 aliphatic rings. The minimum atomic E-state index is -0.487. The zero-order valence-corrected chi connectivity index (χ0v) is 16.1. The van der Waals surface area contributed by atoms with Gasteiger partial charge in [0.15, 0.2) is 0 Å². The van der Waals surface area contributed by atoms with Crippen molar-refractivity contribution in [2.24, 2.45) is 13.0 Å². The van der Waals surface area contributed by atoms with E-state index in [0.717, 1.165) is 10.6 Å². The molecule has 0 unspecified atom stereocenters. The van der Waals surface area contributed by atoms with Crippen LogP contribution in [0.2, 0.25) is 0 Å². The Kier molecular flexibility index (Phi) is 5.18. The highest BCUT2D eigenvalue weighted by Crippen LogP contribution is 2.30. The Morgan fingerprint density at radius 2 is 2.04 bits per heavy atom. The number of thioether (sulfide) groups is 1. The van der Waals surface area contributed by atoms with Gasteiger partial charge in [-0.25, -0.2) is 0 Å². The normalized spacial score (nSPS) is 19.7. The average Bonchev–Trinajstić information content (AvgIpc) is 3.21. The van der Waals surface area contributed by atoms with E-state index >= 15 is 0 Å². The van der Waals surface area contributed by atoms with Crippen LogP contribution in [-0.4, -0.2) is 50.4 Å². The fraction of sp³-hybridized carbons (Fsp3) is 0.333. The van der Waals surface area contributed by atoms with Crippen LogP contribution < -0.4 is 0 Å². The zero-order valence-electron chi connectivity index (χ0n) is 15.3. The van der Waals surface area contributed by atoms with E-state index in [2.05, 4.69) is 27.9 Å². The van der Waals surface area contributed by atoms with Gasteiger partial charge in [-0.1, -0.05) is 24.3 Å². The summed E-state index contributed by atoms with van der Waals surface area (Å²) in [6.45, 7) is 0.999. The minimum absolute atomic E-state index is 0.0476. The molecule has 6 heteroatoms. The fourth-order valence-electron chi connectivity index (χ4n) is 3.70. The molecule has 4 rings (SSSR count). The van der Waals surface area contributed by atoms with Crippen molar-refractivity contribution in [2.75, 3.05) is 18.8 Å². The van der Waals surface area contributed by atoms with E-state index in [1.807, 2.05) is 37.4 Å². The number of benzene rings is 1. The number of para-hydroxylation sites is 1. The van der Waals surface area contributed by atoms with Crippen LogP contribution in [0, 0.1) is 5.92 Å². The first kappa shape index (κ1) is 18.1. The van der Waals surface area contributed by atoms with Crippen molar-refractivity contribution in [3.8, 4) is 0 Å². The second-order valence-electron chi connectivity index (χ2n) is 7.06. The van der Waals surface area contributed by atoms with Crippen LogP contribution in [-0.2, 0) is 18.3 Å². The third kappa shape index (κ3) is 3.87. The fourth-order valence-corrected chi connectivity index (χ4v) is 4.72. The largest absolute Gasteiger partial charge is 0.391 e. The molecule has 0 bridgehead atoms. The highest BCUT2D eigenvalue weighted by Gasteiger charge is 2.34. The molecule has 1 saturated heterocycles. The van der Waals surface area contributed by atoms with Crippen molar-refractivity contribution >= 4 is 28.6 Å². The van der Waals surface area contributed by atoms with Gasteiger partial charge in [0.2, 0.25) is 5.91 Å². The molecule has 0 aliphatic carbocycles. The van der Waals surface area contributed by atoms with E-state index < -0.39 is 6.10 Å². The first-order chi connectivity index (χ1) is 13.1. The predicted molar refractivity (Wildman–Crippen MR) is 108 cm³/mol. The molecule has 2 atom stereocenters. The summed E-state index contributed by atoms with van der Waals surface area (Å²) < 4.78 is 2.09. The van der Waals surface area contributed by atoms with Crippen LogP contribution >= 0.6 is 11.8 Å². The lowest BCUT2D eigenvalue weighted by atomic mass is 10.00. The van der Waals surface area contributed by atoms with E-state index in [0.29, 0.717) is 25.3 Å². The number of aromatic nitrogens is 2. The number of amides is 1. The summed E-state index contributed by atoms with van der Waals surface area (Å²) in [4.78, 5) is 19.9. The molecule has 0 spiro atoms. The molecule has 3 heterocycles. The molecule has 140 valence electrons. The Labute approximate surface area is 163 Å². The van der Waals surface area contributed by atoms with Crippen molar-refractivity contribution in [3.63, 3.8) is 0 Å². The number of aryl methyl sites for hydroxylation is 1. The minimum Gasteiger partial charge on any atom is -0.391 e. The Morgan fingerprint density at radius 3 is 2.85 bits per heavy atom. The van der Waals surface area contributed by atoms with Crippen LogP contribution in [0.1, 0.15) is 5.69 Å². The molecule has 27 heavy (non-hydrogen) atoms. The van der Waals surface area contributed by atoms with Gasteiger partial charge in [-0.2, -0.15) is 0 Å². The average molecular weight is 382 g/mol. The van der Waals surface area contributed by atoms with Crippen molar-refractivity contribution < 1.29 is 9.90 Å². The summed E-state index contributed by atoms with van der Waals surface area (Å²) >= 11 is 1.57. The number of hydrogen-bond donors (Lipinski definition) is 1. The maximum absolute atomic E-state index is 12.7. The van der Waals surface area contributed by atoms with Crippen LogP contribution in [0.4, 0.5) is 0 Å². The molecular weight excluding hydrogens is 358 g/mol. The Hall–Kier alpha value is -2.31. The molecule has 1 N–H and O–H groups in total. The number of fused-ring (bicyclic) bond motifs is 1.